The van der Waals surface area contributed by atoms with Gasteiger partial charge >= 0.3 is 10.4 Å². The zero-order chi connectivity index (χ0) is 28.8. The van der Waals surface area contributed by atoms with Gasteiger partial charge in [0.15, 0.2) is 0 Å². The van der Waals surface area contributed by atoms with E-state index in [1.807, 2.05) is 0 Å². The second kappa shape index (κ2) is 12.6. The SMILES string of the molecule is CC(C)(O)CCC(CC(OS(=O)(=O)O)C(Cc1cccc(F)c1)NC(=O)c1cnc2ccccc2n1)C(N)=O. The molecule has 2 aromatic carbocycles. The van der Waals surface area contributed by atoms with Gasteiger partial charge in [0.2, 0.25) is 5.91 Å². The molecule has 13 heteroatoms. The highest BCUT2D eigenvalue weighted by Crippen LogP contribution is 2.24. The Hall–Kier alpha value is -3.52. The third-order valence-electron chi connectivity index (χ3n) is 6.06. The lowest BCUT2D eigenvalue weighted by Crippen LogP contribution is -2.48. The number of nitrogens with one attached hydrogen (secondary N) is 1. The lowest BCUT2D eigenvalue weighted by atomic mass is 9.87. The molecule has 11 nitrogen and oxygen atoms in total. The van der Waals surface area contributed by atoms with E-state index in [0.717, 1.165) is 0 Å². The van der Waals surface area contributed by atoms with Gasteiger partial charge in [-0.05, 0) is 69.4 Å². The van der Waals surface area contributed by atoms with Crippen LogP contribution >= 0.6 is 0 Å². The summed E-state index contributed by atoms with van der Waals surface area (Å²) < 4.78 is 52.0. The first-order chi connectivity index (χ1) is 18.2. The summed E-state index contributed by atoms with van der Waals surface area (Å²) in [6.07, 6.45) is -0.519. The molecule has 1 aromatic heterocycles. The van der Waals surface area contributed by atoms with Gasteiger partial charge in [-0.3, -0.25) is 19.1 Å². The maximum atomic E-state index is 13.9. The Morgan fingerprint density at radius 2 is 1.85 bits per heavy atom. The van der Waals surface area contributed by atoms with Crippen molar-refractivity contribution in [2.75, 3.05) is 0 Å². The Bertz CT molecular complexity index is 1430. The maximum absolute atomic E-state index is 13.9. The van der Waals surface area contributed by atoms with Gasteiger partial charge in [-0.1, -0.05) is 24.3 Å². The minimum Gasteiger partial charge on any atom is -0.390 e. The molecule has 3 rings (SSSR count). The number of benzene rings is 2. The molecule has 3 aromatic rings. The molecule has 0 saturated carbocycles. The van der Waals surface area contributed by atoms with Crippen molar-refractivity contribution < 1.29 is 36.2 Å². The molecule has 0 spiro atoms. The molecule has 3 atom stereocenters. The summed E-state index contributed by atoms with van der Waals surface area (Å²) in [6, 6.07) is 11.1. The predicted octanol–water partition coefficient (Wildman–Crippen LogP) is 2.34. The van der Waals surface area contributed by atoms with Crippen molar-refractivity contribution in [2.24, 2.45) is 11.7 Å². The van der Waals surface area contributed by atoms with Crippen LogP contribution in [-0.4, -0.2) is 57.6 Å². The predicted molar refractivity (Wildman–Crippen MR) is 140 cm³/mol. The van der Waals surface area contributed by atoms with E-state index in [-0.39, 0.29) is 31.4 Å². The summed E-state index contributed by atoms with van der Waals surface area (Å²) in [6.45, 7) is 3.07. The molecule has 39 heavy (non-hydrogen) atoms. The van der Waals surface area contributed by atoms with Crippen LogP contribution in [0.1, 0.15) is 49.2 Å². The van der Waals surface area contributed by atoms with E-state index in [2.05, 4.69) is 15.3 Å². The molecule has 210 valence electrons. The number of amides is 2. The Morgan fingerprint density at radius 3 is 2.46 bits per heavy atom. The van der Waals surface area contributed by atoms with E-state index in [4.69, 9.17) is 9.92 Å². The van der Waals surface area contributed by atoms with Crippen LogP contribution in [0, 0.1) is 11.7 Å². The molecular weight excluding hydrogens is 531 g/mol. The minimum atomic E-state index is -5.07. The Balaban J connectivity index is 1.97. The summed E-state index contributed by atoms with van der Waals surface area (Å²) >= 11 is 0. The quantitative estimate of drug-likeness (QED) is 0.227. The largest absolute Gasteiger partial charge is 0.397 e. The van der Waals surface area contributed by atoms with Crippen LogP contribution in [0.25, 0.3) is 11.0 Å². The van der Waals surface area contributed by atoms with Gasteiger partial charge in [-0.15, -0.1) is 0 Å². The number of halogens is 1. The summed E-state index contributed by atoms with van der Waals surface area (Å²) in [7, 11) is -5.07. The van der Waals surface area contributed by atoms with Crippen molar-refractivity contribution in [3.8, 4) is 0 Å². The zero-order valence-electron chi connectivity index (χ0n) is 21.5. The average Bonchev–Trinajstić information content (AvgIpc) is 2.83. The van der Waals surface area contributed by atoms with Crippen LogP contribution in [0.4, 0.5) is 4.39 Å². The molecule has 0 bridgehead atoms. The second-order valence-corrected chi connectivity index (χ2v) is 11.0. The lowest BCUT2D eigenvalue weighted by Gasteiger charge is -2.30. The smallest absolute Gasteiger partial charge is 0.390 e. The van der Waals surface area contributed by atoms with Crippen LogP contribution in [0.2, 0.25) is 0 Å². The minimum absolute atomic E-state index is 0.0704. The van der Waals surface area contributed by atoms with Gasteiger partial charge in [0, 0.05) is 5.92 Å². The van der Waals surface area contributed by atoms with Crippen LogP contribution in [-0.2, 0) is 25.8 Å². The number of nitrogens with zero attached hydrogens (tertiary/aromatic N) is 2. The molecule has 2 amide bonds. The van der Waals surface area contributed by atoms with Gasteiger partial charge < -0.3 is 16.2 Å². The molecule has 0 aliphatic rings. The topological polar surface area (TPSA) is 182 Å². The van der Waals surface area contributed by atoms with E-state index in [1.165, 1.54) is 38.2 Å². The highest BCUT2D eigenvalue weighted by Gasteiger charge is 2.34. The van der Waals surface area contributed by atoms with E-state index in [1.54, 1.807) is 30.3 Å². The molecule has 0 radical (unpaired) electrons. The highest BCUT2D eigenvalue weighted by molar-refractivity contribution is 7.80. The van der Waals surface area contributed by atoms with E-state index < -0.39 is 51.7 Å². The molecule has 3 unspecified atom stereocenters. The molecule has 5 N–H and O–H groups in total. The number of carbonyl (C=O) groups excluding carboxylic acids is 2. The molecule has 1 heterocycles. The van der Waals surface area contributed by atoms with Gasteiger partial charge in [0.05, 0.1) is 28.9 Å². The standard InChI is InChI=1S/C26H31FN4O7S/c1-26(2,34)11-10-17(24(28)32)14-23(38-39(35,36)37)21(13-16-6-5-7-18(27)12-16)31-25(33)22-15-29-19-8-3-4-9-20(19)30-22/h3-9,12,15,17,21,23,34H,10-11,13-14H2,1-2H3,(H2,28,32)(H,31,33)(H,35,36,37). The van der Waals surface area contributed by atoms with Crippen molar-refractivity contribution in [2.45, 2.75) is 57.3 Å². The second-order valence-electron chi connectivity index (χ2n) is 9.91. The van der Waals surface area contributed by atoms with Crippen LogP contribution in [0.3, 0.4) is 0 Å². The van der Waals surface area contributed by atoms with Gasteiger partial charge in [0.25, 0.3) is 5.91 Å². The number of carbonyl (C=O) groups is 2. The highest BCUT2D eigenvalue weighted by atomic mass is 32.3. The third kappa shape index (κ3) is 9.62. The first-order valence-electron chi connectivity index (χ1n) is 12.1. The first kappa shape index (κ1) is 30.0. The van der Waals surface area contributed by atoms with Crippen LogP contribution in [0.5, 0.6) is 0 Å². The van der Waals surface area contributed by atoms with Crippen LogP contribution in [0.15, 0.2) is 54.7 Å². The fourth-order valence-electron chi connectivity index (χ4n) is 4.11. The van der Waals surface area contributed by atoms with Crippen molar-refractivity contribution in [3.63, 3.8) is 0 Å². The molecule has 0 aliphatic carbocycles. The summed E-state index contributed by atoms with van der Waals surface area (Å²) in [5, 5.41) is 12.7. The molecular formula is C26H31FN4O7S. The summed E-state index contributed by atoms with van der Waals surface area (Å²) in [5.74, 6) is -3.09. The third-order valence-corrected chi connectivity index (χ3v) is 6.55. The van der Waals surface area contributed by atoms with Crippen LogP contribution < -0.4 is 11.1 Å². The van der Waals surface area contributed by atoms with E-state index in [9.17, 15) is 32.1 Å². The van der Waals surface area contributed by atoms with Gasteiger partial charge in [-0.2, -0.15) is 8.42 Å². The Morgan fingerprint density at radius 1 is 1.15 bits per heavy atom. The monoisotopic (exact) mass is 562 g/mol. The number of para-hydroxylation sites is 2. The van der Waals surface area contributed by atoms with Gasteiger partial charge in [-0.25, -0.2) is 13.6 Å². The van der Waals surface area contributed by atoms with Crippen molar-refractivity contribution in [3.05, 3.63) is 71.8 Å². The number of nitrogens with two attached hydrogens (primary N) is 1. The molecule has 0 saturated heterocycles. The maximum Gasteiger partial charge on any atom is 0.397 e. The number of hydrogen-bond donors (Lipinski definition) is 4. The number of aliphatic hydroxyl groups is 1. The number of hydrogen-bond acceptors (Lipinski definition) is 8. The lowest BCUT2D eigenvalue weighted by molar-refractivity contribution is -0.123. The summed E-state index contributed by atoms with van der Waals surface area (Å²) in [5.41, 5.74) is 5.69. The van der Waals surface area contributed by atoms with E-state index >= 15 is 0 Å². The Kier molecular flexibility index (Phi) is 9.67. The zero-order valence-corrected chi connectivity index (χ0v) is 22.3. The number of aromatic nitrogens is 2. The van der Waals surface area contributed by atoms with Crippen molar-refractivity contribution in [1.82, 2.24) is 15.3 Å². The number of primary amides is 1. The fourth-order valence-corrected chi connectivity index (χ4v) is 4.64. The normalized spacial score (nSPS) is 14.5. The van der Waals surface area contributed by atoms with E-state index in [0.29, 0.717) is 16.6 Å². The number of fused-ring (bicyclic) bond motifs is 1. The van der Waals surface area contributed by atoms with Gasteiger partial charge in [0.1, 0.15) is 17.6 Å². The average molecular weight is 563 g/mol. The summed E-state index contributed by atoms with van der Waals surface area (Å²) in [4.78, 5) is 33.9. The first-order valence-corrected chi connectivity index (χ1v) is 13.5. The Labute approximate surface area is 225 Å². The fraction of sp³-hybridized carbons (Fsp3) is 0.385. The molecule has 0 fully saturated rings. The molecule has 0 aliphatic heterocycles. The van der Waals surface area contributed by atoms with Crippen molar-refractivity contribution in [1.29, 1.82) is 0 Å². The van der Waals surface area contributed by atoms with Crippen molar-refractivity contribution >= 4 is 33.2 Å². The number of rotatable bonds is 13.